The Bertz CT molecular complexity index is 522. The van der Waals surface area contributed by atoms with Crippen molar-refractivity contribution in [3.8, 4) is 0 Å². The van der Waals surface area contributed by atoms with Crippen molar-refractivity contribution in [2.75, 3.05) is 5.73 Å². The molecule has 0 spiro atoms. The Morgan fingerprint density at radius 3 is 2.78 bits per heavy atom. The summed E-state index contributed by atoms with van der Waals surface area (Å²) in [6, 6.07) is 8.13. The van der Waals surface area contributed by atoms with Crippen LogP contribution in [0.5, 0.6) is 0 Å². The minimum Gasteiger partial charge on any atom is -0.399 e. The van der Waals surface area contributed by atoms with E-state index in [1.165, 1.54) is 46.8 Å². The lowest BCUT2D eigenvalue weighted by Gasteiger charge is -2.06. The highest BCUT2D eigenvalue weighted by atomic mass is 32.1. The van der Waals surface area contributed by atoms with E-state index >= 15 is 0 Å². The van der Waals surface area contributed by atoms with Crippen molar-refractivity contribution in [2.45, 2.75) is 38.5 Å². The van der Waals surface area contributed by atoms with Gasteiger partial charge >= 0.3 is 0 Å². The zero-order chi connectivity index (χ0) is 12.4. The third-order valence-electron chi connectivity index (χ3n) is 3.55. The van der Waals surface area contributed by atoms with Gasteiger partial charge in [-0.1, -0.05) is 18.2 Å². The number of benzene rings is 1. The van der Waals surface area contributed by atoms with Crippen molar-refractivity contribution in [2.24, 2.45) is 0 Å². The van der Waals surface area contributed by atoms with Gasteiger partial charge in [-0.05, 0) is 43.7 Å². The van der Waals surface area contributed by atoms with Crippen LogP contribution < -0.4 is 5.73 Å². The average Bonchev–Trinajstić information content (AvgIpc) is 2.80. The van der Waals surface area contributed by atoms with E-state index in [2.05, 4.69) is 12.1 Å². The Morgan fingerprint density at radius 1 is 1.11 bits per heavy atom. The molecule has 18 heavy (non-hydrogen) atoms. The first-order valence-electron chi connectivity index (χ1n) is 6.64. The number of nitrogen functional groups attached to an aromatic ring is 1. The highest BCUT2D eigenvalue weighted by molar-refractivity contribution is 7.11. The lowest BCUT2D eigenvalue weighted by atomic mass is 10.0. The summed E-state index contributed by atoms with van der Waals surface area (Å²) in [4.78, 5) is 6.30. The minimum absolute atomic E-state index is 0.902. The van der Waals surface area contributed by atoms with Crippen LogP contribution in [0.1, 0.15) is 34.0 Å². The summed E-state index contributed by atoms with van der Waals surface area (Å²) in [5.74, 6) is 0. The highest BCUT2D eigenvalue weighted by Gasteiger charge is 2.14. The van der Waals surface area contributed by atoms with E-state index in [-0.39, 0.29) is 0 Å². The van der Waals surface area contributed by atoms with E-state index in [0.717, 1.165) is 18.5 Å². The van der Waals surface area contributed by atoms with Gasteiger partial charge in [-0.2, -0.15) is 0 Å². The van der Waals surface area contributed by atoms with Gasteiger partial charge in [0.2, 0.25) is 0 Å². The first kappa shape index (κ1) is 11.7. The third-order valence-corrected chi connectivity index (χ3v) is 4.77. The van der Waals surface area contributed by atoms with E-state index in [1.54, 1.807) is 0 Å². The minimum atomic E-state index is 0.902. The number of anilines is 1. The van der Waals surface area contributed by atoms with Gasteiger partial charge in [-0.15, -0.1) is 11.3 Å². The van der Waals surface area contributed by atoms with Gasteiger partial charge in [-0.25, -0.2) is 4.98 Å². The molecule has 2 aromatic rings. The van der Waals surface area contributed by atoms with Gasteiger partial charge in [0.25, 0.3) is 0 Å². The van der Waals surface area contributed by atoms with Crippen molar-refractivity contribution < 1.29 is 0 Å². The summed E-state index contributed by atoms with van der Waals surface area (Å²) in [6.45, 7) is 0. The van der Waals surface area contributed by atoms with Gasteiger partial charge < -0.3 is 5.73 Å². The summed E-state index contributed by atoms with van der Waals surface area (Å²) in [5, 5.41) is 1.28. The first-order chi connectivity index (χ1) is 8.83. The molecule has 0 unspecified atom stereocenters. The molecule has 0 saturated carbocycles. The molecule has 0 atom stereocenters. The van der Waals surface area contributed by atoms with Crippen LogP contribution in [0.15, 0.2) is 24.3 Å². The third kappa shape index (κ3) is 2.41. The molecular formula is C15H18N2S. The molecule has 1 heterocycles. The lowest BCUT2D eigenvalue weighted by molar-refractivity contribution is 0.680. The number of hydrogen-bond acceptors (Lipinski definition) is 3. The second kappa shape index (κ2) is 5.11. The van der Waals surface area contributed by atoms with E-state index in [1.807, 2.05) is 23.5 Å². The maximum absolute atomic E-state index is 5.97. The maximum Gasteiger partial charge on any atom is 0.0934 e. The molecule has 0 amide bonds. The van der Waals surface area contributed by atoms with Crippen LogP contribution in [-0.4, -0.2) is 4.98 Å². The number of hydrogen-bond donors (Lipinski definition) is 1. The van der Waals surface area contributed by atoms with Crippen molar-refractivity contribution in [1.82, 2.24) is 4.98 Å². The number of nitrogens with zero attached hydrogens (tertiary/aromatic N) is 1. The van der Waals surface area contributed by atoms with Gasteiger partial charge in [-0.3, -0.25) is 0 Å². The molecule has 1 aromatic heterocycles. The molecule has 0 fully saturated rings. The molecule has 0 aliphatic heterocycles. The molecule has 3 rings (SSSR count). The maximum atomic E-state index is 5.97. The van der Waals surface area contributed by atoms with Crippen LogP contribution in [0.3, 0.4) is 0 Å². The Balaban J connectivity index is 1.70. The van der Waals surface area contributed by atoms with Crippen molar-refractivity contribution in [1.29, 1.82) is 0 Å². The molecule has 94 valence electrons. The second-order valence-electron chi connectivity index (χ2n) is 4.88. The van der Waals surface area contributed by atoms with Crippen molar-refractivity contribution in [3.63, 3.8) is 0 Å². The normalized spacial score (nSPS) is 14.4. The highest BCUT2D eigenvalue weighted by Crippen LogP contribution is 2.27. The number of thiazole rings is 1. The van der Waals surface area contributed by atoms with Crippen molar-refractivity contribution in [3.05, 3.63) is 45.4 Å². The molecule has 1 aromatic carbocycles. The number of nitrogens with two attached hydrogens (primary N) is 1. The number of rotatable bonds is 3. The van der Waals surface area contributed by atoms with E-state index in [4.69, 9.17) is 10.7 Å². The molecule has 0 radical (unpaired) electrons. The molecule has 3 heteroatoms. The number of aromatic nitrogens is 1. The number of para-hydroxylation sites is 1. The predicted molar refractivity (Wildman–Crippen MR) is 77.0 cm³/mol. The van der Waals surface area contributed by atoms with Gasteiger partial charge in [0.05, 0.1) is 10.7 Å². The van der Waals surface area contributed by atoms with Gasteiger partial charge in [0, 0.05) is 17.0 Å². The standard InChI is InChI=1S/C15H18N2S/c16-12-6-2-1-5-11(12)9-10-15-17-13-7-3-4-8-14(13)18-15/h1-2,5-6H,3-4,7-10,16H2. The average molecular weight is 258 g/mol. The SMILES string of the molecule is Nc1ccccc1CCc1nc2c(s1)CCCC2. The predicted octanol–water partition coefficient (Wildman–Crippen LogP) is 3.39. The second-order valence-corrected chi connectivity index (χ2v) is 6.05. The lowest BCUT2D eigenvalue weighted by Crippen LogP contribution is -1.99. The monoisotopic (exact) mass is 258 g/mol. The van der Waals surface area contributed by atoms with Crippen LogP contribution in [0.4, 0.5) is 5.69 Å². The fourth-order valence-corrected chi connectivity index (χ4v) is 3.67. The fourth-order valence-electron chi connectivity index (χ4n) is 2.52. The Morgan fingerprint density at radius 2 is 1.94 bits per heavy atom. The molecule has 0 bridgehead atoms. The van der Waals surface area contributed by atoms with Crippen LogP contribution in [0, 0.1) is 0 Å². The fraction of sp³-hybridized carbons (Fsp3) is 0.400. The van der Waals surface area contributed by atoms with E-state index < -0.39 is 0 Å². The summed E-state index contributed by atoms with van der Waals surface area (Å²) in [5.41, 5.74) is 9.47. The Hall–Kier alpha value is -1.35. The molecule has 1 aliphatic carbocycles. The smallest absolute Gasteiger partial charge is 0.0934 e. The van der Waals surface area contributed by atoms with Crippen LogP contribution in [-0.2, 0) is 25.7 Å². The zero-order valence-corrected chi connectivity index (χ0v) is 11.3. The topological polar surface area (TPSA) is 38.9 Å². The molecule has 0 saturated heterocycles. The molecular weight excluding hydrogens is 240 g/mol. The molecule has 2 nitrogen and oxygen atoms in total. The Labute approximate surface area is 112 Å². The number of fused-ring (bicyclic) bond motifs is 1. The Kier molecular flexibility index (Phi) is 3.33. The van der Waals surface area contributed by atoms with Gasteiger partial charge in [0.1, 0.15) is 0 Å². The summed E-state index contributed by atoms with van der Waals surface area (Å²) < 4.78 is 0. The largest absolute Gasteiger partial charge is 0.399 e. The first-order valence-corrected chi connectivity index (χ1v) is 7.45. The van der Waals surface area contributed by atoms with E-state index in [0.29, 0.717) is 0 Å². The molecule has 1 aliphatic rings. The summed E-state index contributed by atoms with van der Waals surface area (Å²) >= 11 is 1.91. The van der Waals surface area contributed by atoms with Crippen LogP contribution in [0.25, 0.3) is 0 Å². The summed E-state index contributed by atoms with van der Waals surface area (Å²) in [7, 11) is 0. The summed E-state index contributed by atoms with van der Waals surface area (Å²) in [6.07, 6.45) is 7.08. The number of aryl methyl sites for hydroxylation is 4. The van der Waals surface area contributed by atoms with Crippen molar-refractivity contribution >= 4 is 17.0 Å². The zero-order valence-electron chi connectivity index (χ0n) is 10.5. The molecule has 2 N–H and O–H groups in total. The van der Waals surface area contributed by atoms with Gasteiger partial charge in [0.15, 0.2) is 0 Å². The quantitative estimate of drug-likeness (QED) is 0.857. The van der Waals surface area contributed by atoms with Crippen LogP contribution in [0.2, 0.25) is 0 Å². The van der Waals surface area contributed by atoms with E-state index in [9.17, 15) is 0 Å². The van der Waals surface area contributed by atoms with Crippen LogP contribution >= 0.6 is 11.3 Å².